The summed E-state index contributed by atoms with van der Waals surface area (Å²) < 4.78 is 0. The van der Waals surface area contributed by atoms with Crippen LogP contribution in [0, 0.1) is 0 Å². The van der Waals surface area contributed by atoms with Gasteiger partial charge >= 0.3 is 0 Å². The molecule has 0 aliphatic heterocycles. The fraction of sp³-hybridized carbons (Fsp3) is 0.467. The normalized spacial score (nSPS) is 11.1. The lowest BCUT2D eigenvalue weighted by atomic mass is 10.3. The third-order valence-corrected chi connectivity index (χ3v) is 4.58. The molecule has 5 nitrogen and oxygen atoms in total. The molecule has 0 aliphatic rings. The van der Waals surface area contributed by atoms with Crippen LogP contribution in [0.2, 0.25) is 5.15 Å². The van der Waals surface area contributed by atoms with E-state index in [-0.39, 0.29) is 5.95 Å². The first-order valence-electron chi connectivity index (χ1n) is 7.42. The highest BCUT2D eigenvalue weighted by Gasteiger charge is 2.13. The molecule has 0 amide bonds. The summed E-state index contributed by atoms with van der Waals surface area (Å²) in [6.07, 6.45) is 0. The van der Waals surface area contributed by atoms with Crippen molar-refractivity contribution in [2.75, 3.05) is 36.8 Å². The molecule has 0 aromatic carbocycles. The lowest BCUT2D eigenvalue weighted by molar-refractivity contribution is 0.309. The average molecular weight is 340 g/mol. The molecule has 7 heteroatoms. The Balaban J connectivity index is 2.16. The van der Waals surface area contributed by atoms with Crippen molar-refractivity contribution in [1.82, 2.24) is 14.9 Å². The van der Waals surface area contributed by atoms with E-state index in [0.717, 1.165) is 38.5 Å². The van der Waals surface area contributed by atoms with Gasteiger partial charge in [-0.15, -0.1) is 11.3 Å². The molecule has 0 atom stereocenters. The topological polar surface area (TPSA) is 58.3 Å². The standard InChI is InChI=1S/C15H22ClN5S/c1-3-20(4-2)7-8-21(11-12-6-5-9-22-12)14-10-13(16)18-15(17)19-14/h5-6,9-10H,3-4,7-8,11H2,1-2H3,(H2,17,18,19). The average Bonchev–Trinajstić information content (AvgIpc) is 2.99. The number of rotatable bonds is 8. The van der Waals surface area contributed by atoms with Crippen LogP contribution < -0.4 is 10.6 Å². The minimum absolute atomic E-state index is 0.210. The largest absolute Gasteiger partial charge is 0.368 e. The zero-order valence-electron chi connectivity index (χ0n) is 13.0. The molecule has 22 heavy (non-hydrogen) atoms. The highest BCUT2D eigenvalue weighted by molar-refractivity contribution is 7.09. The predicted molar refractivity (Wildman–Crippen MR) is 94.6 cm³/mol. The summed E-state index contributed by atoms with van der Waals surface area (Å²) in [5.74, 6) is 0.986. The van der Waals surface area contributed by atoms with E-state index in [0.29, 0.717) is 5.15 Å². The summed E-state index contributed by atoms with van der Waals surface area (Å²) in [5.41, 5.74) is 5.74. The van der Waals surface area contributed by atoms with Crippen LogP contribution in [0.5, 0.6) is 0 Å². The molecule has 2 N–H and O–H groups in total. The fourth-order valence-corrected chi connectivity index (χ4v) is 3.16. The van der Waals surface area contributed by atoms with Crippen molar-refractivity contribution in [2.24, 2.45) is 0 Å². The van der Waals surface area contributed by atoms with E-state index in [9.17, 15) is 0 Å². The van der Waals surface area contributed by atoms with Gasteiger partial charge in [-0.2, -0.15) is 4.98 Å². The number of nitrogens with two attached hydrogens (primary N) is 1. The van der Waals surface area contributed by atoms with Crippen molar-refractivity contribution >= 4 is 34.7 Å². The molecule has 0 fully saturated rings. The van der Waals surface area contributed by atoms with Gasteiger partial charge < -0.3 is 15.5 Å². The second-order valence-electron chi connectivity index (χ2n) is 4.93. The van der Waals surface area contributed by atoms with E-state index in [1.165, 1.54) is 4.88 Å². The Kier molecular flexibility index (Phi) is 6.42. The zero-order chi connectivity index (χ0) is 15.9. The Labute approximate surface area is 140 Å². The zero-order valence-corrected chi connectivity index (χ0v) is 14.6. The summed E-state index contributed by atoms with van der Waals surface area (Å²) >= 11 is 7.76. The lowest BCUT2D eigenvalue weighted by Crippen LogP contribution is -2.35. The molecule has 0 aliphatic carbocycles. The number of hydrogen-bond donors (Lipinski definition) is 1. The van der Waals surface area contributed by atoms with Crippen molar-refractivity contribution in [3.8, 4) is 0 Å². The van der Waals surface area contributed by atoms with Gasteiger partial charge in [-0.25, -0.2) is 4.98 Å². The number of nitrogen functional groups attached to an aromatic ring is 1. The van der Waals surface area contributed by atoms with Crippen molar-refractivity contribution in [3.05, 3.63) is 33.6 Å². The van der Waals surface area contributed by atoms with E-state index in [1.54, 1.807) is 17.4 Å². The molecule has 2 rings (SSSR count). The number of hydrogen-bond acceptors (Lipinski definition) is 6. The van der Waals surface area contributed by atoms with Crippen LogP contribution in [0.15, 0.2) is 23.6 Å². The molecule has 0 saturated heterocycles. The van der Waals surface area contributed by atoms with E-state index in [4.69, 9.17) is 17.3 Å². The summed E-state index contributed by atoms with van der Waals surface area (Å²) in [4.78, 5) is 14.1. The monoisotopic (exact) mass is 339 g/mol. The second kappa shape index (κ2) is 8.31. The maximum atomic E-state index is 6.03. The smallest absolute Gasteiger partial charge is 0.223 e. The fourth-order valence-electron chi connectivity index (χ4n) is 2.25. The summed E-state index contributed by atoms with van der Waals surface area (Å²) in [6, 6.07) is 5.96. The van der Waals surface area contributed by atoms with Crippen LogP contribution in [-0.4, -0.2) is 41.0 Å². The van der Waals surface area contributed by atoms with Gasteiger partial charge in [0.25, 0.3) is 0 Å². The first kappa shape index (κ1) is 17.0. The molecule has 0 radical (unpaired) electrons. The van der Waals surface area contributed by atoms with Gasteiger partial charge in [-0.05, 0) is 24.5 Å². The number of nitrogens with zero attached hydrogens (tertiary/aromatic N) is 4. The molecule has 2 heterocycles. The molecule has 0 spiro atoms. The predicted octanol–water partition coefficient (Wildman–Crippen LogP) is 3.12. The summed E-state index contributed by atoms with van der Waals surface area (Å²) in [7, 11) is 0. The molecular formula is C15H22ClN5S. The van der Waals surface area contributed by atoms with Gasteiger partial charge in [0, 0.05) is 24.0 Å². The van der Waals surface area contributed by atoms with Crippen molar-refractivity contribution in [3.63, 3.8) is 0 Å². The highest BCUT2D eigenvalue weighted by Crippen LogP contribution is 2.21. The van der Waals surface area contributed by atoms with Gasteiger partial charge in [0.05, 0.1) is 6.54 Å². The SMILES string of the molecule is CCN(CC)CCN(Cc1cccs1)c1cc(Cl)nc(N)n1. The molecular weight excluding hydrogens is 318 g/mol. The summed E-state index contributed by atoms with van der Waals surface area (Å²) in [5, 5.41) is 2.46. The third kappa shape index (κ3) is 4.83. The van der Waals surface area contributed by atoms with Crippen molar-refractivity contribution in [2.45, 2.75) is 20.4 Å². The van der Waals surface area contributed by atoms with Gasteiger partial charge in [0.2, 0.25) is 5.95 Å². The Morgan fingerprint density at radius 2 is 2.00 bits per heavy atom. The molecule has 2 aromatic rings. The lowest BCUT2D eigenvalue weighted by Gasteiger charge is -2.27. The van der Waals surface area contributed by atoms with Crippen LogP contribution in [0.4, 0.5) is 11.8 Å². The molecule has 2 aromatic heterocycles. The van der Waals surface area contributed by atoms with E-state index in [1.807, 2.05) is 0 Å². The van der Waals surface area contributed by atoms with E-state index in [2.05, 4.69) is 51.1 Å². The van der Waals surface area contributed by atoms with Crippen molar-refractivity contribution in [1.29, 1.82) is 0 Å². The maximum absolute atomic E-state index is 6.03. The quantitative estimate of drug-likeness (QED) is 0.749. The summed E-state index contributed by atoms with van der Waals surface area (Å²) in [6.45, 7) is 9.06. The first-order valence-corrected chi connectivity index (χ1v) is 8.67. The number of anilines is 2. The highest BCUT2D eigenvalue weighted by atomic mass is 35.5. The van der Waals surface area contributed by atoms with Crippen LogP contribution in [0.25, 0.3) is 0 Å². The Morgan fingerprint density at radius 1 is 1.23 bits per heavy atom. The third-order valence-electron chi connectivity index (χ3n) is 3.53. The van der Waals surface area contributed by atoms with Gasteiger partial charge in [-0.1, -0.05) is 31.5 Å². The molecule has 0 bridgehead atoms. The van der Waals surface area contributed by atoms with Gasteiger partial charge in [0.1, 0.15) is 11.0 Å². The maximum Gasteiger partial charge on any atom is 0.223 e. The van der Waals surface area contributed by atoms with Crippen LogP contribution in [0.3, 0.4) is 0 Å². The second-order valence-corrected chi connectivity index (χ2v) is 6.35. The van der Waals surface area contributed by atoms with Crippen LogP contribution in [-0.2, 0) is 6.54 Å². The minimum Gasteiger partial charge on any atom is -0.368 e. The van der Waals surface area contributed by atoms with E-state index < -0.39 is 0 Å². The number of halogens is 1. The van der Waals surface area contributed by atoms with E-state index >= 15 is 0 Å². The first-order chi connectivity index (χ1) is 10.6. The van der Waals surface area contributed by atoms with Gasteiger partial charge in [-0.3, -0.25) is 0 Å². The number of thiophene rings is 1. The minimum atomic E-state index is 0.210. The molecule has 0 saturated carbocycles. The molecule has 0 unspecified atom stereocenters. The van der Waals surface area contributed by atoms with Crippen LogP contribution >= 0.6 is 22.9 Å². The Morgan fingerprint density at radius 3 is 2.59 bits per heavy atom. The number of likely N-dealkylation sites (N-methyl/N-ethyl adjacent to an activating group) is 1. The number of aromatic nitrogens is 2. The van der Waals surface area contributed by atoms with Crippen LogP contribution in [0.1, 0.15) is 18.7 Å². The Bertz CT molecular complexity index is 551. The Hall–Kier alpha value is -1.37. The molecule has 120 valence electrons. The van der Waals surface area contributed by atoms with Gasteiger partial charge in [0.15, 0.2) is 0 Å². The van der Waals surface area contributed by atoms with Crippen molar-refractivity contribution < 1.29 is 0 Å².